The van der Waals surface area contributed by atoms with E-state index in [1.807, 2.05) is 61.2 Å². The quantitative estimate of drug-likeness (QED) is 0.787. The van der Waals surface area contributed by atoms with Gasteiger partial charge in [0.25, 0.3) is 0 Å². The van der Waals surface area contributed by atoms with Gasteiger partial charge < -0.3 is 20.4 Å². The van der Waals surface area contributed by atoms with Crippen molar-refractivity contribution in [3.05, 3.63) is 65.4 Å². The second-order valence-electron chi connectivity index (χ2n) is 5.94. The highest BCUT2D eigenvalue weighted by Gasteiger charge is 2.34. The molecule has 0 amide bonds. The van der Waals surface area contributed by atoms with Gasteiger partial charge in [0.1, 0.15) is 5.82 Å². The zero-order chi connectivity index (χ0) is 17.2. The lowest BCUT2D eigenvalue weighted by molar-refractivity contribution is 0.118. The molecule has 1 aliphatic heterocycles. The van der Waals surface area contributed by atoms with E-state index in [1.54, 1.807) is 6.08 Å². The molecule has 5 nitrogen and oxygen atoms in total. The predicted octanol–water partition coefficient (Wildman–Crippen LogP) is 2.32. The summed E-state index contributed by atoms with van der Waals surface area (Å²) in [6.07, 6.45) is 1.81. The number of rotatable bonds is 5. The Morgan fingerprint density at radius 1 is 1.17 bits per heavy atom. The summed E-state index contributed by atoms with van der Waals surface area (Å²) in [6, 6.07) is 13.4. The van der Waals surface area contributed by atoms with Crippen LogP contribution in [0.15, 0.2) is 48.5 Å². The minimum atomic E-state index is -1.34. The van der Waals surface area contributed by atoms with E-state index in [0.717, 1.165) is 29.1 Å². The molecule has 1 aromatic carbocycles. The summed E-state index contributed by atoms with van der Waals surface area (Å²) >= 11 is 0. The van der Waals surface area contributed by atoms with E-state index in [-0.39, 0.29) is 6.61 Å². The molecule has 5 heteroatoms. The van der Waals surface area contributed by atoms with Crippen molar-refractivity contribution in [1.82, 2.24) is 9.88 Å². The van der Waals surface area contributed by atoms with Gasteiger partial charge in [-0.3, -0.25) is 0 Å². The molecule has 0 radical (unpaired) electrons. The van der Waals surface area contributed by atoms with Crippen LogP contribution >= 0.6 is 0 Å². The molecule has 0 fully saturated rings. The Kier molecular flexibility index (Phi) is 4.55. The van der Waals surface area contributed by atoms with Crippen LogP contribution in [0.2, 0.25) is 0 Å². The summed E-state index contributed by atoms with van der Waals surface area (Å²) in [4.78, 5) is 6.61. The Balaban J connectivity index is 2.14. The third-order valence-electron chi connectivity index (χ3n) is 4.27. The summed E-state index contributed by atoms with van der Waals surface area (Å²) in [6.45, 7) is 5.23. The van der Waals surface area contributed by atoms with Crippen molar-refractivity contribution in [2.45, 2.75) is 19.6 Å². The number of anilines is 1. The summed E-state index contributed by atoms with van der Waals surface area (Å²) in [5, 5.41) is 23.8. The zero-order valence-corrected chi connectivity index (χ0v) is 14.0. The number of fused-ring (bicyclic) bond motifs is 1. The average molecular weight is 325 g/mol. The number of benzene rings is 1. The molecule has 3 N–H and O–H groups in total. The Labute approximate surface area is 142 Å². The van der Waals surface area contributed by atoms with Gasteiger partial charge in [-0.1, -0.05) is 30.3 Å². The van der Waals surface area contributed by atoms with Crippen LogP contribution < -0.4 is 5.32 Å². The van der Waals surface area contributed by atoms with Crippen molar-refractivity contribution >= 4 is 11.5 Å². The van der Waals surface area contributed by atoms with Crippen LogP contribution in [-0.4, -0.2) is 39.8 Å². The highest BCUT2D eigenvalue weighted by atomic mass is 16.3. The molecule has 2 aromatic rings. The SMILES string of the molecule is CCN(CCO)C1=CC(O)(c2ccccc2)Nc2nc(C)ccc21. The third-order valence-corrected chi connectivity index (χ3v) is 4.27. The number of aryl methyl sites for hydroxylation is 1. The van der Waals surface area contributed by atoms with Crippen molar-refractivity contribution in [3.63, 3.8) is 0 Å². The van der Waals surface area contributed by atoms with Gasteiger partial charge in [-0.2, -0.15) is 0 Å². The number of aromatic nitrogens is 1. The van der Waals surface area contributed by atoms with Crippen LogP contribution in [-0.2, 0) is 5.72 Å². The largest absolute Gasteiger partial charge is 0.395 e. The van der Waals surface area contributed by atoms with Crippen molar-refractivity contribution in [1.29, 1.82) is 0 Å². The maximum Gasteiger partial charge on any atom is 0.185 e. The number of nitrogens with one attached hydrogen (secondary N) is 1. The number of likely N-dealkylation sites (N-methyl/N-ethyl adjacent to an activating group) is 1. The van der Waals surface area contributed by atoms with E-state index in [9.17, 15) is 10.2 Å². The molecule has 1 aliphatic rings. The number of nitrogens with zero attached hydrogens (tertiary/aromatic N) is 2. The molecule has 24 heavy (non-hydrogen) atoms. The van der Waals surface area contributed by atoms with Crippen LogP contribution in [0, 0.1) is 6.92 Å². The van der Waals surface area contributed by atoms with E-state index < -0.39 is 5.72 Å². The summed E-state index contributed by atoms with van der Waals surface area (Å²) in [5.74, 6) is 0.648. The van der Waals surface area contributed by atoms with Crippen LogP contribution in [0.5, 0.6) is 0 Å². The smallest absolute Gasteiger partial charge is 0.185 e. The molecular weight excluding hydrogens is 302 g/mol. The number of hydrogen-bond donors (Lipinski definition) is 3. The molecule has 0 saturated carbocycles. The van der Waals surface area contributed by atoms with Crippen LogP contribution in [0.4, 0.5) is 5.82 Å². The minimum Gasteiger partial charge on any atom is -0.395 e. The van der Waals surface area contributed by atoms with Gasteiger partial charge in [-0.15, -0.1) is 0 Å². The molecule has 0 saturated heterocycles. The number of aliphatic hydroxyl groups is 2. The Morgan fingerprint density at radius 3 is 2.58 bits per heavy atom. The average Bonchev–Trinajstić information content (AvgIpc) is 2.59. The zero-order valence-electron chi connectivity index (χ0n) is 14.0. The lowest BCUT2D eigenvalue weighted by Crippen LogP contribution is -2.39. The number of hydrogen-bond acceptors (Lipinski definition) is 5. The Bertz CT molecular complexity index is 746. The topological polar surface area (TPSA) is 68.6 Å². The van der Waals surface area contributed by atoms with Gasteiger partial charge in [0.2, 0.25) is 0 Å². The Morgan fingerprint density at radius 2 is 1.92 bits per heavy atom. The minimum absolute atomic E-state index is 0.0526. The molecule has 3 rings (SSSR count). The first-order chi connectivity index (χ1) is 11.6. The highest BCUT2D eigenvalue weighted by Crippen LogP contribution is 2.38. The molecule has 1 aromatic heterocycles. The monoisotopic (exact) mass is 325 g/mol. The van der Waals surface area contributed by atoms with E-state index >= 15 is 0 Å². The van der Waals surface area contributed by atoms with Gasteiger partial charge >= 0.3 is 0 Å². The van der Waals surface area contributed by atoms with Crippen molar-refractivity contribution in [3.8, 4) is 0 Å². The first kappa shape index (κ1) is 16.5. The fourth-order valence-electron chi connectivity index (χ4n) is 3.03. The second kappa shape index (κ2) is 6.63. The van der Waals surface area contributed by atoms with Crippen molar-refractivity contribution in [2.75, 3.05) is 25.0 Å². The van der Waals surface area contributed by atoms with Crippen LogP contribution in [0.25, 0.3) is 5.70 Å². The molecule has 126 valence electrons. The molecular formula is C19H23N3O2. The first-order valence-electron chi connectivity index (χ1n) is 8.20. The summed E-state index contributed by atoms with van der Waals surface area (Å²) in [5.41, 5.74) is 2.09. The van der Waals surface area contributed by atoms with E-state index in [4.69, 9.17) is 0 Å². The second-order valence-corrected chi connectivity index (χ2v) is 5.94. The Hall–Kier alpha value is -2.37. The normalized spacial score (nSPS) is 19.2. The first-order valence-corrected chi connectivity index (χ1v) is 8.20. The van der Waals surface area contributed by atoms with Crippen molar-refractivity contribution in [2.24, 2.45) is 0 Å². The van der Waals surface area contributed by atoms with Gasteiger partial charge in [0.05, 0.1) is 6.61 Å². The molecule has 0 spiro atoms. The number of pyridine rings is 1. The molecule has 0 aliphatic carbocycles. The van der Waals surface area contributed by atoms with Gasteiger partial charge in [0.15, 0.2) is 5.72 Å². The van der Waals surface area contributed by atoms with Crippen molar-refractivity contribution < 1.29 is 10.2 Å². The maximum absolute atomic E-state index is 11.2. The van der Waals surface area contributed by atoms with Gasteiger partial charge in [-0.05, 0) is 32.1 Å². The molecule has 2 heterocycles. The van der Waals surface area contributed by atoms with E-state index in [1.165, 1.54) is 0 Å². The van der Waals surface area contributed by atoms with E-state index in [2.05, 4.69) is 10.3 Å². The van der Waals surface area contributed by atoms with Gasteiger partial charge in [-0.25, -0.2) is 4.98 Å². The maximum atomic E-state index is 11.2. The predicted molar refractivity (Wildman–Crippen MR) is 95.2 cm³/mol. The number of aliphatic hydroxyl groups excluding tert-OH is 1. The lowest BCUT2D eigenvalue weighted by atomic mass is 9.95. The molecule has 1 atom stereocenters. The van der Waals surface area contributed by atoms with Crippen LogP contribution in [0.1, 0.15) is 23.7 Å². The summed E-state index contributed by atoms with van der Waals surface area (Å²) < 4.78 is 0. The highest BCUT2D eigenvalue weighted by molar-refractivity contribution is 5.78. The standard InChI is InChI=1S/C19H23N3O2/c1-3-22(11-12-23)17-13-19(24,15-7-5-4-6-8-15)21-18-16(17)10-9-14(2)20-18/h4-10,13,23-24H,3,11-12H2,1-2H3,(H,20,21). The summed E-state index contributed by atoms with van der Waals surface area (Å²) in [7, 11) is 0. The van der Waals surface area contributed by atoms with E-state index in [0.29, 0.717) is 12.4 Å². The van der Waals surface area contributed by atoms with Crippen LogP contribution in [0.3, 0.4) is 0 Å². The molecule has 0 bridgehead atoms. The third kappa shape index (κ3) is 3.00. The fourth-order valence-corrected chi connectivity index (χ4v) is 3.03. The van der Waals surface area contributed by atoms with Gasteiger partial charge in [0, 0.05) is 35.6 Å². The fraction of sp³-hybridized carbons (Fsp3) is 0.316. The molecule has 1 unspecified atom stereocenters. The lowest BCUT2D eigenvalue weighted by Gasteiger charge is -2.37.